The van der Waals surface area contributed by atoms with Crippen molar-refractivity contribution in [2.75, 3.05) is 39.4 Å². The van der Waals surface area contributed by atoms with Crippen LogP contribution in [0.1, 0.15) is 217 Å². The number of rotatable bonds is 39. The lowest BCUT2D eigenvalue weighted by atomic mass is 10.1. The van der Waals surface area contributed by atoms with Crippen LogP contribution in [0, 0.1) is 0 Å². The minimum absolute atomic E-state index is 0.0330. The van der Waals surface area contributed by atoms with Crippen LogP contribution in [0.5, 0.6) is 0 Å². The van der Waals surface area contributed by atoms with Crippen LogP contribution in [-0.2, 0) is 32.7 Å². The van der Waals surface area contributed by atoms with Crippen LogP contribution < -0.4 is 5.32 Å². The van der Waals surface area contributed by atoms with Crippen LogP contribution in [0.3, 0.4) is 0 Å². The second-order valence-corrected chi connectivity index (χ2v) is 32.6. The molecule has 0 heterocycles. The zero-order valence-electron chi connectivity index (χ0n) is 46.5. The van der Waals surface area contributed by atoms with Gasteiger partial charge in [0.2, 0.25) is 0 Å². The van der Waals surface area contributed by atoms with Crippen LogP contribution in [0.15, 0.2) is 24.3 Å². The number of unbranched alkanes of at least 4 members (excludes halogenated alkanes) is 13. The molecule has 0 aliphatic rings. The predicted molar refractivity (Wildman–Crippen MR) is 288 cm³/mol. The van der Waals surface area contributed by atoms with Gasteiger partial charge in [-0.15, -0.1) is 0 Å². The SMILES string of the molecule is CCCCCC/C=C\COC(=O)CCCCCC(CN(CCCCNC(=O)OC(C)(C)C)CC(CCCCCC(=O)OC/C=C\CCCCCC)O[Si](C)(C)C(C)(C)C)O[Si](C)(C)C(C)(C)C. The first-order valence-corrected chi connectivity index (χ1v) is 32.8. The van der Waals surface area contributed by atoms with E-state index in [0.717, 1.165) is 96.7 Å². The standard InChI is InChI=1S/C55H108N2O8Si2/c1-16-18-20-22-24-26-36-44-61-50(58)40-32-28-30-38-48(64-66(12,13)54(6,7)8)46-57(43-35-34-42-56-52(60)63-53(3,4)5)47-49(65-67(14,15)55(9,10)11)39-31-29-33-41-51(59)62-45-37-27-25-23-21-19-17-2/h26-27,36-37,48-49H,16-25,28-35,38-47H2,1-15H3,(H,56,60)/b36-26-,37-27-. The highest BCUT2D eigenvalue weighted by Gasteiger charge is 2.41. The molecule has 394 valence electrons. The molecule has 0 fully saturated rings. The Labute approximate surface area is 415 Å². The van der Waals surface area contributed by atoms with Crippen LogP contribution in [-0.4, -0.2) is 96.8 Å². The number of alkyl carbamates (subject to hydrolysis) is 1. The van der Waals surface area contributed by atoms with Crippen molar-refractivity contribution in [1.82, 2.24) is 10.2 Å². The summed E-state index contributed by atoms with van der Waals surface area (Å²) in [6.07, 6.45) is 29.7. The molecule has 0 aliphatic heterocycles. The zero-order valence-corrected chi connectivity index (χ0v) is 48.5. The molecule has 0 saturated heterocycles. The number of carbonyl (C=O) groups excluding carboxylic acids is 3. The van der Waals surface area contributed by atoms with Gasteiger partial charge in [0, 0.05) is 32.5 Å². The van der Waals surface area contributed by atoms with Gasteiger partial charge in [-0.1, -0.05) is 144 Å². The number of esters is 2. The van der Waals surface area contributed by atoms with Crippen LogP contribution in [0.4, 0.5) is 4.79 Å². The number of nitrogens with one attached hydrogen (secondary N) is 1. The van der Waals surface area contributed by atoms with E-state index in [9.17, 15) is 14.4 Å². The second-order valence-electron chi connectivity index (χ2n) is 23.1. The molecule has 12 heteroatoms. The van der Waals surface area contributed by atoms with Gasteiger partial charge < -0.3 is 28.4 Å². The quantitative estimate of drug-likeness (QED) is 0.0211. The Balaban J connectivity index is 5.96. The van der Waals surface area contributed by atoms with Crippen molar-refractivity contribution in [2.45, 2.75) is 271 Å². The summed E-state index contributed by atoms with van der Waals surface area (Å²) in [5.74, 6) is -0.248. The summed E-state index contributed by atoms with van der Waals surface area (Å²) >= 11 is 0. The largest absolute Gasteiger partial charge is 0.461 e. The normalized spacial score (nSPS) is 14.0. The number of carbonyl (C=O) groups is 3. The molecule has 0 rings (SSSR count). The first-order chi connectivity index (χ1) is 31.3. The molecule has 2 unspecified atom stereocenters. The fourth-order valence-electron chi connectivity index (χ4n) is 7.17. The van der Waals surface area contributed by atoms with E-state index in [0.29, 0.717) is 32.6 Å². The van der Waals surface area contributed by atoms with Gasteiger partial charge in [-0.05, 0) is 128 Å². The van der Waals surface area contributed by atoms with Gasteiger partial charge >= 0.3 is 18.0 Å². The maximum atomic E-state index is 12.6. The molecule has 0 radical (unpaired) electrons. The number of nitrogens with zero attached hydrogens (tertiary/aromatic N) is 1. The lowest BCUT2D eigenvalue weighted by Gasteiger charge is -2.42. The van der Waals surface area contributed by atoms with Crippen LogP contribution in [0.25, 0.3) is 0 Å². The molecule has 0 bridgehead atoms. The van der Waals surface area contributed by atoms with E-state index in [4.69, 9.17) is 23.1 Å². The van der Waals surface area contributed by atoms with Gasteiger partial charge in [0.15, 0.2) is 16.6 Å². The summed E-state index contributed by atoms with van der Waals surface area (Å²) < 4.78 is 31.0. The molecule has 2 atom stereocenters. The van der Waals surface area contributed by atoms with Crippen molar-refractivity contribution in [1.29, 1.82) is 0 Å². The smallest absolute Gasteiger partial charge is 0.407 e. The Morgan fingerprint density at radius 2 is 0.955 bits per heavy atom. The average Bonchev–Trinajstić information content (AvgIpc) is 3.20. The van der Waals surface area contributed by atoms with E-state index in [-0.39, 0.29) is 40.3 Å². The van der Waals surface area contributed by atoms with Crippen molar-refractivity contribution in [3.05, 3.63) is 24.3 Å². The minimum atomic E-state index is -2.13. The average molecular weight is 982 g/mol. The number of amides is 1. The van der Waals surface area contributed by atoms with Crippen molar-refractivity contribution in [3.63, 3.8) is 0 Å². The molecule has 0 saturated carbocycles. The van der Waals surface area contributed by atoms with E-state index in [1.54, 1.807) is 0 Å². The fourth-order valence-corrected chi connectivity index (χ4v) is 9.93. The lowest BCUT2D eigenvalue weighted by molar-refractivity contribution is -0.143. The van der Waals surface area contributed by atoms with E-state index >= 15 is 0 Å². The maximum Gasteiger partial charge on any atom is 0.407 e. The molecular weight excluding hydrogens is 873 g/mol. The third kappa shape index (κ3) is 35.7. The Bertz CT molecular complexity index is 1270. The summed E-state index contributed by atoms with van der Waals surface area (Å²) in [6, 6.07) is 0. The van der Waals surface area contributed by atoms with E-state index in [1.807, 2.05) is 32.9 Å². The van der Waals surface area contributed by atoms with Gasteiger partial charge in [0.1, 0.15) is 18.8 Å². The first kappa shape index (κ1) is 65.0. The van der Waals surface area contributed by atoms with Crippen molar-refractivity contribution in [2.24, 2.45) is 0 Å². The molecule has 10 nitrogen and oxygen atoms in total. The summed E-state index contributed by atoms with van der Waals surface area (Å²) in [7, 11) is -4.25. The predicted octanol–water partition coefficient (Wildman–Crippen LogP) is 15.4. The fraction of sp³-hybridized carbons (Fsp3) is 0.873. The second kappa shape index (κ2) is 36.0. The lowest BCUT2D eigenvalue weighted by Crippen LogP contribution is -2.50. The number of allylic oxidation sites excluding steroid dienone is 2. The molecule has 0 aromatic rings. The molecule has 0 aromatic carbocycles. The van der Waals surface area contributed by atoms with Crippen molar-refractivity contribution < 1.29 is 37.4 Å². The molecule has 0 spiro atoms. The van der Waals surface area contributed by atoms with E-state index in [2.05, 4.69) is 104 Å². The van der Waals surface area contributed by atoms with E-state index in [1.165, 1.54) is 51.4 Å². The van der Waals surface area contributed by atoms with Crippen LogP contribution >= 0.6 is 0 Å². The molecule has 67 heavy (non-hydrogen) atoms. The Hall–Kier alpha value is -2.00. The molecule has 0 aromatic heterocycles. The summed E-state index contributed by atoms with van der Waals surface area (Å²) in [4.78, 5) is 40.1. The molecule has 1 N–H and O–H groups in total. The van der Waals surface area contributed by atoms with Gasteiger partial charge in [0.05, 0.1) is 12.2 Å². The maximum absolute atomic E-state index is 12.6. The van der Waals surface area contributed by atoms with Crippen molar-refractivity contribution in [3.8, 4) is 0 Å². The summed E-state index contributed by atoms with van der Waals surface area (Å²) in [5, 5.41) is 3.06. The highest BCUT2D eigenvalue weighted by molar-refractivity contribution is 6.74. The highest BCUT2D eigenvalue weighted by Crippen LogP contribution is 2.39. The molecule has 0 aliphatic carbocycles. The first-order valence-electron chi connectivity index (χ1n) is 27.0. The van der Waals surface area contributed by atoms with Gasteiger partial charge in [-0.3, -0.25) is 14.5 Å². The zero-order chi connectivity index (χ0) is 50.8. The Morgan fingerprint density at radius 3 is 1.34 bits per heavy atom. The number of hydrogen-bond acceptors (Lipinski definition) is 9. The summed E-state index contributed by atoms with van der Waals surface area (Å²) in [5.41, 5.74) is -0.541. The monoisotopic (exact) mass is 981 g/mol. The minimum Gasteiger partial charge on any atom is -0.461 e. The highest BCUT2D eigenvalue weighted by atomic mass is 28.4. The molecule has 1 amide bonds. The van der Waals surface area contributed by atoms with Gasteiger partial charge in [0.25, 0.3) is 0 Å². The van der Waals surface area contributed by atoms with Gasteiger partial charge in [-0.2, -0.15) is 0 Å². The number of ether oxygens (including phenoxy) is 3. The van der Waals surface area contributed by atoms with Crippen molar-refractivity contribution >= 4 is 34.7 Å². The Kier molecular flexibility index (Phi) is 34.9. The van der Waals surface area contributed by atoms with Crippen LogP contribution in [0.2, 0.25) is 36.3 Å². The third-order valence-electron chi connectivity index (χ3n) is 13.3. The van der Waals surface area contributed by atoms with Gasteiger partial charge in [-0.25, -0.2) is 4.79 Å². The number of hydrogen-bond donors (Lipinski definition) is 1. The third-order valence-corrected chi connectivity index (χ3v) is 22.4. The Morgan fingerprint density at radius 1 is 0.537 bits per heavy atom. The van der Waals surface area contributed by atoms with E-state index < -0.39 is 22.2 Å². The topological polar surface area (TPSA) is 113 Å². The molecular formula is C55H108N2O8Si2. The summed E-state index contributed by atoms with van der Waals surface area (Å²) in [6.45, 7) is 36.9.